The number of Topliss-reactive ketones (excluding diaryl/α,β-unsaturated/α-hetero) is 1. The molecule has 3 N–H and O–H groups in total. The molecule has 0 saturated carbocycles. The van der Waals surface area contributed by atoms with Crippen molar-refractivity contribution in [2.75, 3.05) is 10.6 Å². The van der Waals surface area contributed by atoms with Crippen LogP contribution in [0.4, 0.5) is 28.8 Å². The van der Waals surface area contributed by atoms with E-state index in [-0.39, 0.29) is 5.13 Å². The molecule has 1 atom stereocenters. The highest BCUT2D eigenvalue weighted by Gasteiger charge is 2.36. The van der Waals surface area contributed by atoms with E-state index in [1.807, 2.05) is 0 Å². The number of halogens is 3. The number of hydrogen-bond acceptors (Lipinski definition) is 7. The summed E-state index contributed by atoms with van der Waals surface area (Å²) in [7, 11) is 0. The van der Waals surface area contributed by atoms with Gasteiger partial charge in [0.1, 0.15) is 11.6 Å². The van der Waals surface area contributed by atoms with E-state index < -0.39 is 64.7 Å². The van der Waals surface area contributed by atoms with Crippen molar-refractivity contribution in [2.45, 2.75) is 51.9 Å². The maximum absolute atomic E-state index is 13.6. The molecule has 0 spiro atoms. The van der Waals surface area contributed by atoms with Crippen molar-refractivity contribution >= 4 is 45.8 Å². The van der Waals surface area contributed by atoms with Crippen LogP contribution in [0.2, 0.25) is 0 Å². The summed E-state index contributed by atoms with van der Waals surface area (Å²) in [5, 5.41) is 8.44. The maximum Gasteiger partial charge on any atom is 0.418 e. The minimum absolute atomic E-state index is 0.220. The molecule has 0 aliphatic heterocycles. The number of alkyl carbamates (subject to hydrolysis) is 1. The van der Waals surface area contributed by atoms with Crippen LogP contribution in [0.15, 0.2) is 29.8 Å². The zero-order valence-electron chi connectivity index (χ0n) is 18.7. The average molecular weight is 500 g/mol. The Hall–Kier alpha value is -3.48. The minimum atomic E-state index is -4.91. The van der Waals surface area contributed by atoms with Crippen molar-refractivity contribution in [3.05, 3.63) is 40.9 Å². The summed E-state index contributed by atoms with van der Waals surface area (Å²) >= 11 is 1.10. The number of carbonyl (C=O) groups excluding carboxylic acids is 4. The molecule has 0 fully saturated rings. The zero-order valence-corrected chi connectivity index (χ0v) is 19.5. The molecule has 1 aromatic carbocycles. The first-order valence-corrected chi connectivity index (χ1v) is 10.8. The predicted molar refractivity (Wildman–Crippen MR) is 119 cm³/mol. The van der Waals surface area contributed by atoms with Crippen molar-refractivity contribution in [3.63, 3.8) is 0 Å². The molecule has 0 radical (unpaired) electrons. The molecule has 184 valence electrons. The number of nitrogens with zero attached hydrogens (tertiary/aromatic N) is 1. The van der Waals surface area contributed by atoms with Gasteiger partial charge in [-0.1, -0.05) is 6.07 Å². The summed E-state index contributed by atoms with van der Waals surface area (Å²) in [4.78, 5) is 53.1. The van der Waals surface area contributed by atoms with Crippen LogP contribution in [0.5, 0.6) is 0 Å². The molecule has 2 aromatic rings. The first kappa shape index (κ1) is 26.8. The van der Waals surface area contributed by atoms with Gasteiger partial charge in [-0.2, -0.15) is 13.2 Å². The van der Waals surface area contributed by atoms with Crippen LogP contribution in [-0.4, -0.2) is 40.3 Å². The number of ketones is 1. The number of para-hydroxylation sites is 1. The highest BCUT2D eigenvalue weighted by molar-refractivity contribution is 7.13. The number of benzene rings is 1. The Morgan fingerprint density at radius 1 is 1.12 bits per heavy atom. The van der Waals surface area contributed by atoms with Gasteiger partial charge in [0, 0.05) is 17.1 Å². The number of nitrogens with one attached hydrogen (secondary N) is 3. The molecule has 34 heavy (non-hydrogen) atoms. The fourth-order valence-electron chi connectivity index (χ4n) is 2.63. The van der Waals surface area contributed by atoms with Crippen LogP contribution in [0, 0.1) is 0 Å². The lowest BCUT2D eigenvalue weighted by Crippen LogP contribution is -2.44. The number of anilines is 2. The van der Waals surface area contributed by atoms with E-state index in [4.69, 9.17) is 4.74 Å². The smallest absolute Gasteiger partial charge is 0.418 e. The van der Waals surface area contributed by atoms with Crippen molar-refractivity contribution < 1.29 is 37.1 Å². The Labute approximate surface area is 197 Å². The van der Waals surface area contributed by atoms with Gasteiger partial charge >= 0.3 is 12.3 Å². The molecular weight excluding hydrogens is 477 g/mol. The van der Waals surface area contributed by atoms with Gasteiger partial charge in [0.05, 0.1) is 17.7 Å². The van der Waals surface area contributed by atoms with E-state index in [1.54, 1.807) is 26.2 Å². The fourth-order valence-corrected chi connectivity index (χ4v) is 3.17. The maximum atomic E-state index is 13.6. The Morgan fingerprint density at radius 2 is 1.79 bits per heavy atom. The Kier molecular flexibility index (Phi) is 8.37. The summed E-state index contributed by atoms with van der Waals surface area (Å²) in [6.45, 7) is 6.02. The SMILES string of the molecule is C[C@@H](NC(=O)OC(C)(C)C)C(=O)Nc1c(C(=O)CC(=O)Nc2nccs2)cccc1C(F)(F)F. The molecule has 3 amide bonds. The van der Waals surface area contributed by atoms with Crippen molar-refractivity contribution in [1.82, 2.24) is 10.3 Å². The second-order valence-electron chi connectivity index (χ2n) is 8.07. The van der Waals surface area contributed by atoms with Crippen LogP contribution >= 0.6 is 11.3 Å². The van der Waals surface area contributed by atoms with Crippen LogP contribution in [0.3, 0.4) is 0 Å². The lowest BCUT2D eigenvalue weighted by molar-refractivity contribution is -0.137. The van der Waals surface area contributed by atoms with Gasteiger partial charge in [0.25, 0.3) is 0 Å². The van der Waals surface area contributed by atoms with Crippen LogP contribution in [0.1, 0.15) is 50.0 Å². The summed E-state index contributed by atoms with van der Waals surface area (Å²) in [5.41, 5.74) is -3.47. The lowest BCUT2D eigenvalue weighted by Gasteiger charge is -2.22. The first-order valence-electron chi connectivity index (χ1n) is 9.90. The molecule has 0 saturated heterocycles. The summed E-state index contributed by atoms with van der Waals surface area (Å²) in [6, 6.07) is 1.45. The van der Waals surface area contributed by atoms with Gasteiger partial charge in [-0.05, 0) is 39.8 Å². The Balaban J connectivity index is 2.25. The number of carbonyl (C=O) groups is 4. The average Bonchev–Trinajstić information content (AvgIpc) is 3.18. The number of amides is 3. The predicted octanol–water partition coefficient (Wildman–Crippen LogP) is 4.23. The molecule has 1 heterocycles. The monoisotopic (exact) mass is 500 g/mol. The largest absolute Gasteiger partial charge is 0.444 e. The number of rotatable bonds is 7. The Morgan fingerprint density at radius 3 is 2.35 bits per heavy atom. The molecule has 2 rings (SSSR count). The standard InChI is InChI=1S/C21H23F3N4O5S/c1-11(26-19(32)33-20(2,3)4)17(31)28-16-12(6-5-7-13(16)21(22,23)24)14(29)10-15(30)27-18-25-8-9-34-18/h5-9,11H,10H2,1-4H3,(H,26,32)(H,28,31)(H,25,27,30)/t11-/m1/s1. The number of alkyl halides is 3. The second kappa shape index (κ2) is 10.6. The summed E-state index contributed by atoms with van der Waals surface area (Å²) < 4.78 is 45.9. The second-order valence-corrected chi connectivity index (χ2v) is 8.96. The van der Waals surface area contributed by atoms with Gasteiger partial charge in [-0.25, -0.2) is 9.78 Å². The van der Waals surface area contributed by atoms with Gasteiger partial charge in [-0.3, -0.25) is 14.4 Å². The van der Waals surface area contributed by atoms with Crippen LogP contribution < -0.4 is 16.0 Å². The Bertz CT molecular complexity index is 1070. The van der Waals surface area contributed by atoms with Crippen LogP contribution in [-0.2, 0) is 20.5 Å². The third-order valence-electron chi connectivity index (χ3n) is 4.04. The molecule has 1 aromatic heterocycles. The van der Waals surface area contributed by atoms with Crippen molar-refractivity contribution in [1.29, 1.82) is 0 Å². The molecular formula is C21H23F3N4O5S. The minimum Gasteiger partial charge on any atom is -0.444 e. The molecule has 0 bridgehead atoms. The van der Waals surface area contributed by atoms with E-state index in [0.29, 0.717) is 6.07 Å². The summed E-state index contributed by atoms with van der Waals surface area (Å²) in [6.07, 6.45) is -5.22. The van der Waals surface area contributed by atoms with E-state index in [1.165, 1.54) is 13.1 Å². The molecule has 0 aliphatic rings. The highest BCUT2D eigenvalue weighted by atomic mass is 32.1. The normalized spacial score (nSPS) is 12.4. The number of aromatic nitrogens is 1. The number of ether oxygens (including phenoxy) is 1. The molecule has 0 aliphatic carbocycles. The van der Waals surface area contributed by atoms with E-state index >= 15 is 0 Å². The van der Waals surface area contributed by atoms with Gasteiger partial charge in [0.15, 0.2) is 10.9 Å². The summed E-state index contributed by atoms with van der Waals surface area (Å²) in [5.74, 6) is -2.76. The zero-order chi connectivity index (χ0) is 25.7. The van der Waals surface area contributed by atoms with Gasteiger partial charge in [-0.15, -0.1) is 11.3 Å². The number of thiazole rings is 1. The van der Waals surface area contributed by atoms with E-state index in [2.05, 4.69) is 20.9 Å². The topological polar surface area (TPSA) is 126 Å². The third kappa shape index (κ3) is 7.83. The van der Waals surface area contributed by atoms with Crippen molar-refractivity contribution in [3.8, 4) is 0 Å². The van der Waals surface area contributed by atoms with E-state index in [9.17, 15) is 32.3 Å². The van der Waals surface area contributed by atoms with Gasteiger partial charge < -0.3 is 20.7 Å². The lowest BCUT2D eigenvalue weighted by atomic mass is 10.0. The first-order chi connectivity index (χ1) is 15.7. The number of hydrogen-bond donors (Lipinski definition) is 3. The fraction of sp³-hybridized carbons (Fsp3) is 0.381. The third-order valence-corrected chi connectivity index (χ3v) is 4.73. The van der Waals surface area contributed by atoms with Crippen molar-refractivity contribution in [2.24, 2.45) is 0 Å². The molecule has 9 nitrogen and oxygen atoms in total. The quantitative estimate of drug-likeness (QED) is 0.386. The molecule has 13 heteroatoms. The highest BCUT2D eigenvalue weighted by Crippen LogP contribution is 2.37. The van der Waals surface area contributed by atoms with E-state index in [0.717, 1.165) is 23.5 Å². The van der Waals surface area contributed by atoms with Crippen LogP contribution in [0.25, 0.3) is 0 Å². The van der Waals surface area contributed by atoms with Gasteiger partial charge in [0.2, 0.25) is 11.8 Å². The molecule has 0 unspecified atom stereocenters.